The maximum absolute atomic E-state index is 12.9. The second-order valence-electron chi connectivity index (χ2n) is 7.94. The van der Waals surface area contributed by atoms with E-state index in [1.54, 1.807) is 47.4 Å². The maximum atomic E-state index is 12.9. The number of hydrogen-bond acceptors (Lipinski definition) is 7. The summed E-state index contributed by atoms with van der Waals surface area (Å²) >= 11 is 0.762. The second kappa shape index (κ2) is 11.1. The summed E-state index contributed by atoms with van der Waals surface area (Å²) in [6, 6.07) is 14.0. The van der Waals surface area contributed by atoms with Crippen molar-refractivity contribution in [3.63, 3.8) is 0 Å². The Balaban J connectivity index is 1.48. The zero-order chi connectivity index (χ0) is 24.8. The molecule has 2 aromatic rings. The van der Waals surface area contributed by atoms with Crippen molar-refractivity contribution in [2.45, 2.75) is 12.8 Å². The van der Waals surface area contributed by atoms with E-state index in [2.05, 4.69) is 5.32 Å². The van der Waals surface area contributed by atoms with Crippen molar-refractivity contribution < 1.29 is 28.7 Å². The molecule has 2 aromatic carbocycles. The normalized spacial score (nSPS) is 16.7. The second-order valence-corrected chi connectivity index (χ2v) is 8.93. The molecule has 2 aliphatic heterocycles. The average molecular weight is 496 g/mol. The van der Waals surface area contributed by atoms with Crippen molar-refractivity contribution in [2.24, 2.45) is 0 Å². The monoisotopic (exact) mass is 495 g/mol. The smallest absolute Gasteiger partial charge is 0.294 e. The molecule has 9 nitrogen and oxygen atoms in total. The molecule has 2 saturated heterocycles. The van der Waals surface area contributed by atoms with Gasteiger partial charge in [-0.2, -0.15) is 0 Å². The quantitative estimate of drug-likeness (QED) is 0.560. The van der Waals surface area contributed by atoms with E-state index >= 15 is 0 Å². The van der Waals surface area contributed by atoms with Gasteiger partial charge in [-0.3, -0.25) is 24.1 Å². The van der Waals surface area contributed by atoms with Gasteiger partial charge in [-0.25, -0.2) is 0 Å². The van der Waals surface area contributed by atoms with E-state index < -0.39 is 11.1 Å². The highest BCUT2D eigenvalue weighted by Crippen LogP contribution is 2.37. The van der Waals surface area contributed by atoms with E-state index in [4.69, 9.17) is 9.47 Å². The van der Waals surface area contributed by atoms with Crippen molar-refractivity contribution >= 4 is 46.5 Å². The van der Waals surface area contributed by atoms with Gasteiger partial charge in [0.1, 0.15) is 6.54 Å². The third kappa shape index (κ3) is 5.83. The van der Waals surface area contributed by atoms with Crippen LogP contribution in [0.4, 0.5) is 10.5 Å². The third-order valence-corrected chi connectivity index (χ3v) is 6.45. The molecule has 0 unspecified atom stereocenters. The number of methoxy groups -OCH3 is 1. The molecule has 4 rings (SSSR count). The van der Waals surface area contributed by atoms with Crippen LogP contribution in [0, 0.1) is 0 Å². The van der Waals surface area contributed by atoms with Gasteiger partial charge in [-0.15, -0.1) is 0 Å². The lowest BCUT2D eigenvalue weighted by Gasteiger charge is -2.18. The van der Waals surface area contributed by atoms with Crippen LogP contribution in [0.15, 0.2) is 53.4 Å². The van der Waals surface area contributed by atoms with Gasteiger partial charge >= 0.3 is 0 Å². The zero-order valence-corrected chi connectivity index (χ0v) is 20.0. The van der Waals surface area contributed by atoms with Gasteiger partial charge in [0.25, 0.3) is 17.1 Å². The summed E-state index contributed by atoms with van der Waals surface area (Å²) in [6.45, 7) is 0.728. The first-order valence-corrected chi connectivity index (χ1v) is 12.0. The molecule has 2 fully saturated rings. The Bertz CT molecular complexity index is 1160. The molecule has 2 heterocycles. The number of carbonyl (C=O) groups excluding carboxylic acids is 4. The standard InChI is InChI=1S/C25H25N3O6S/c1-33-19-11-7-8-17(23(19)34-16-21(29)26-18-9-3-2-4-10-18)14-20-24(31)28(25(32)35-20)15-22(30)27-12-5-6-13-27/h2-4,7-11,14H,5-6,12-13,15-16H2,1H3,(H,26,29)/b20-14+. The Morgan fingerprint density at radius 2 is 1.80 bits per heavy atom. The minimum atomic E-state index is -0.539. The minimum Gasteiger partial charge on any atom is -0.493 e. The number of nitrogens with one attached hydrogen (secondary N) is 1. The summed E-state index contributed by atoms with van der Waals surface area (Å²) in [7, 11) is 1.47. The fourth-order valence-electron chi connectivity index (χ4n) is 3.80. The number of nitrogens with zero attached hydrogens (tertiary/aromatic N) is 2. The Morgan fingerprint density at radius 3 is 2.51 bits per heavy atom. The van der Waals surface area contributed by atoms with Crippen LogP contribution in [0.5, 0.6) is 11.5 Å². The summed E-state index contributed by atoms with van der Waals surface area (Å²) in [5.74, 6) is -0.509. The van der Waals surface area contributed by atoms with Gasteiger partial charge in [-0.1, -0.05) is 30.3 Å². The molecule has 4 amide bonds. The first kappa shape index (κ1) is 24.3. The fraction of sp³-hybridized carbons (Fsp3) is 0.280. The molecule has 0 aromatic heterocycles. The number of carbonyl (C=O) groups is 4. The van der Waals surface area contributed by atoms with Crippen LogP contribution >= 0.6 is 11.8 Å². The predicted molar refractivity (Wildman–Crippen MR) is 132 cm³/mol. The fourth-order valence-corrected chi connectivity index (χ4v) is 4.63. The van der Waals surface area contributed by atoms with Crippen molar-refractivity contribution in [1.29, 1.82) is 0 Å². The lowest BCUT2D eigenvalue weighted by Crippen LogP contribution is -2.40. The van der Waals surface area contributed by atoms with Crippen LogP contribution in [0.3, 0.4) is 0 Å². The largest absolute Gasteiger partial charge is 0.493 e. The SMILES string of the molecule is COc1cccc(/C=C2/SC(=O)N(CC(=O)N3CCCC3)C2=O)c1OCC(=O)Nc1ccccc1. The number of para-hydroxylation sites is 2. The first-order valence-electron chi connectivity index (χ1n) is 11.1. The summed E-state index contributed by atoms with van der Waals surface area (Å²) in [5, 5.41) is 2.24. The van der Waals surface area contributed by atoms with Crippen molar-refractivity contribution in [2.75, 3.05) is 38.7 Å². The summed E-state index contributed by atoms with van der Waals surface area (Å²) in [5.41, 5.74) is 1.10. The Hall–Kier alpha value is -3.79. The number of amides is 4. The van der Waals surface area contributed by atoms with Crippen molar-refractivity contribution in [3.8, 4) is 11.5 Å². The lowest BCUT2D eigenvalue weighted by atomic mass is 10.1. The van der Waals surface area contributed by atoms with Gasteiger partial charge < -0.3 is 19.7 Å². The highest BCUT2D eigenvalue weighted by Gasteiger charge is 2.37. The number of rotatable bonds is 8. The Kier molecular flexibility index (Phi) is 7.71. The highest BCUT2D eigenvalue weighted by molar-refractivity contribution is 8.18. The molecule has 35 heavy (non-hydrogen) atoms. The van der Waals surface area contributed by atoms with Gasteiger partial charge in [0.2, 0.25) is 5.91 Å². The van der Waals surface area contributed by atoms with Crippen LogP contribution in [-0.2, 0) is 14.4 Å². The van der Waals surface area contributed by atoms with E-state index in [0.29, 0.717) is 30.1 Å². The van der Waals surface area contributed by atoms with Crippen LogP contribution in [0.1, 0.15) is 18.4 Å². The van der Waals surface area contributed by atoms with Gasteiger partial charge in [0.15, 0.2) is 18.1 Å². The third-order valence-electron chi connectivity index (χ3n) is 5.55. The first-order chi connectivity index (χ1) is 17.0. The average Bonchev–Trinajstić information content (AvgIpc) is 3.49. The maximum Gasteiger partial charge on any atom is 0.294 e. The van der Waals surface area contributed by atoms with E-state index in [0.717, 1.165) is 29.5 Å². The van der Waals surface area contributed by atoms with Crippen LogP contribution in [-0.4, -0.2) is 66.1 Å². The molecule has 0 spiro atoms. The molecule has 0 aliphatic carbocycles. The Labute approximate surface area is 207 Å². The molecular weight excluding hydrogens is 470 g/mol. The molecule has 10 heteroatoms. The molecular formula is C25H25N3O6S. The minimum absolute atomic E-state index is 0.163. The topological polar surface area (TPSA) is 105 Å². The number of hydrogen-bond donors (Lipinski definition) is 1. The van der Waals surface area contributed by atoms with Crippen molar-refractivity contribution in [3.05, 3.63) is 59.0 Å². The van der Waals surface area contributed by atoms with E-state index in [1.165, 1.54) is 13.2 Å². The molecule has 182 valence electrons. The molecule has 0 saturated carbocycles. The predicted octanol–water partition coefficient (Wildman–Crippen LogP) is 3.37. The number of thioether (sulfide) groups is 1. The van der Waals surface area contributed by atoms with Gasteiger partial charge in [-0.05, 0) is 48.9 Å². The number of anilines is 1. The number of benzene rings is 2. The van der Waals surface area contributed by atoms with Crippen LogP contribution in [0.2, 0.25) is 0 Å². The van der Waals surface area contributed by atoms with E-state index in [9.17, 15) is 19.2 Å². The number of likely N-dealkylation sites (tertiary alicyclic amines) is 1. The highest BCUT2D eigenvalue weighted by atomic mass is 32.2. The Morgan fingerprint density at radius 1 is 1.06 bits per heavy atom. The van der Waals surface area contributed by atoms with Crippen molar-refractivity contribution in [1.82, 2.24) is 9.80 Å². The lowest BCUT2D eigenvalue weighted by molar-refractivity contribution is -0.135. The molecule has 2 aliphatic rings. The van der Waals surface area contributed by atoms with E-state index in [-0.39, 0.29) is 35.6 Å². The number of imide groups is 1. The summed E-state index contributed by atoms with van der Waals surface area (Å²) in [6.07, 6.45) is 3.36. The van der Waals surface area contributed by atoms with Crippen LogP contribution < -0.4 is 14.8 Å². The summed E-state index contributed by atoms with van der Waals surface area (Å²) < 4.78 is 11.1. The van der Waals surface area contributed by atoms with E-state index in [1.807, 2.05) is 6.07 Å². The molecule has 0 radical (unpaired) electrons. The van der Waals surface area contributed by atoms with Crippen LogP contribution in [0.25, 0.3) is 6.08 Å². The van der Waals surface area contributed by atoms with Gasteiger partial charge in [0.05, 0.1) is 12.0 Å². The molecule has 1 N–H and O–H groups in total. The summed E-state index contributed by atoms with van der Waals surface area (Å²) in [4.78, 5) is 53.0. The van der Waals surface area contributed by atoms with Gasteiger partial charge in [0, 0.05) is 24.3 Å². The number of ether oxygens (including phenoxy) is 2. The molecule has 0 bridgehead atoms. The molecule has 0 atom stereocenters. The zero-order valence-electron chi connectivity index (χ0n) is 19.2.